The van der Waals surface area contributed by atoms with Crippen molar-refractivity contribution in [2.75, 3.05) is 0 Å². The van der Waals surface area contributed by atoms with Crippen molar-refractivity contribution >= 4 is 11.9 Å². The van der Waals surface area contributed by atoms with Crippen LogP contribution in [-0.2, 0) is 4.79 Å². The third kappa shape index (κ3) is 3.77. The predicted octanol–water partition coefficient (Wildman–Crippen LogP) is 2.70. The lowest BCUT2D eigenvalue weighted by atomic mass is 9.87. The summed E-state index contributed by atoms with van der Waals surface area (Å²) >= 11 is 0. The number of hydrogen-bond donors (Lipinski definition) is 1. The SMILES string of the molecule is CC1(C)NC(=O)N(C2CC(Oc3ccc(C#N)c(OC(F)(F)F)c3)C2)C1=O. The second kappa shape index (κ2) is 6.33. The molecule has 3 rings (SSSR count). The molecule has 0 bridgehead atoms. The fourth-order valence-corrected chi connectivity index (χ4v) is 3.02. The van der Waals surface area contributed by atoms with Gasteiger partial charge < -0.3 is 14.8 Å². The van der Waals surface area contributed by atoms with E-state index >= 15 is 0 Å². The molecule has 2 fully saturated rings. The van der Waals surface area contributed by atoms with Crippen molar-refractivity contribution in [3.05, 3.63) is 23.8 Å². The van der Waals surface area contributed by atoms with Crippen molar-refractivity contribution in [3.63, 3.8) is 0 Å². The lowest BCUT2D eigenvalue weighted by molar-refractivity contribution is -0.274. The van der Waals surface area contributed by atoms with E-state index in [2.05, 4.69) is 10.1 Å². The molecule has 10 heteroatoms. The van der Waals surface area contributed by atoms with E-state index < -0.39 is 23.7 Å². The Morgan fingerprint density at radius 1 is 1.30 bits per heavy atom. The van der Waals surface area contributed by atoms with Crippen LogP contribution >= 0.6 is 0 Å². The molecule has 0 atom stereocenters. The zero-order chi connectivity index (χ0) is 20.0. The summed E-state index contributed by atoms with van der Waals surface area (Å²) in [6.07, 6.45) is -4.57. The van der Waals surface area contributed by atoms with Gasteiger partial charge in [-0.3, -0.25) is 9.69 Å². The molecule has 1 saturated carbocycles. The fourth-order valence-electron chi connectivity index (χ4n) is 3.02. The second-order valence-corrected chi connectivity index (χ2v) is 6.91. The number of nitrogens with zero attached hydrogens (tertiary/aromatic N) is 2. The lowest BCUT2D eigenvalue weighted by Crippen LogP contribution is -2.52. The lowest BCUT2D eigenvalue weighted by Gasteiger charge is -2.39. The summed E-state index contributed by atoms with van der Waals surface area (Å²) in [5.74, 6) is -0.862. The zero-order valence-electron chi connectivity index (χ0n) is 14.5. The van der Waals surface area contributed by atoms with Crippen LogP contribution in [0.15, 0.2) is 18.2 Å². The average molecular weight is 383 g/mol. The van der Waals surface area contributed by atoms with Gasteiger partial charge in [-0.25, -0.2) is 4.79 Å². The van der Waals surface area contributed by atoms with Gasteiger partial charge in [0.05, 0.1) is 5.56 Å². The second-order valence-electron chi connectivity index (χ2n) is 6.91. The van der Waals surface area contributed by atoms with Crippen LogP contribution in [0.4, 0.5) is 18.0 Å². The van der Waals surface area contributed by atoms with E-state index in [9.17, 15) is 22.8 Å². The highest BCUT2D eigenvalue weighted by Gasteiger charge is 2.50. The number of rotatable bonds is 4. The molecule has 1 aromatic rings. The van der Waals surface area contributed by atoms with Crippen molar-refractivity contribution in [3.8, 4) is 17.6 Å². The molecular formula is C17H16F3N3O4. The van der Waals surface area contributed by atoms with Gasteiger partial charge in [0.1, 0.15) is 23.5 Å². The Morgan fingerprint density at radius 3 is 2.48 bits per heavy atom. The number of nitrogens with one attached hydrogen (secondary N) is 1. The van der Waals surface area contributed by atoms with Gasteiger partial charge in [-0.15, -0.1) is 13.2 Å². The molecule has 1 N–H and O–H groups in total. The highest BCUT2D eigenvalue weighted by molar-refractivity contribution is 6.06. The van der Waals surface area contributed by atoms with E-state index in [1.807, 2.05) is 0 Å². The Morgan fingerprint density at radius 2 is 1.96 bits per heavy atom. The normalized spacial score (nSPS) is 24.1. The molecule has 0 aromatic heterocycles. The van der Waals surface area contributed by atoms with Crippen LogP contribution in [0.5, 0.6) is 11.5 Å². The highest BCUT2D eigenvalue weighted by atomic mass is 19.4. The number of ether oxygens (including phenoxy) is 2. The molecule has 7 nitrogen and oxygen atoms in total. The number of hydrogen-bond acceptors (Lipinski definition) is 5. The summed E-state index contributed by atoms with van der Waals surface area (Å²) in [5, 5.41) is 11.5. The summed E-state index contributed by atoms with van der Waals surface area (Å²) < 4.78 is 46.8. The van der Waals surface area contributed by atoms with Crippen LogP contribution in [0.25, 0.3) is 0 Å². The minimum absolute atomic E-state index is 0.106. The molecule has 2 aliphatic rings. The number of carbonyl (C=O) groups excluding carboxylic acids is 2. The van der Waals surface area contributed by atoms with Gasteiger partial charge in [-0.05, 0) is 26.0 Å². The van der Waals surface area contributed by atoms with E-state index in [-0.39, 0.29) is 29.4 Å². The van der Waals surface area contributed by atoms with Crippen LogP contribution < -0.4 is 14.8 Å². The largest absolute Gasteiger partial charge is 0.573 e. The first-order chi connectivity index (χ1) is 12.5. The number of benzene rings is 1. The van der Waals surface area contributed by atoms with Crippen molar-refractivity contribution < 1.29 is 32.2 Å². The Kier molecular flexibility index (Phi) is 4.41. The summed E-state index contributed by atoms with van der Waals surface area (Å²) in [5.41, 5.74) is -1.23. The van der Waals surface area contributed by atoms with Crippen molar-refractivity contribution in [1.29, 1.82) is 5.26 Å². The molecule has 0 radical (unpaired) electrons. The number of urea groups is 1. The first-order valence-electron chi connectivity index (χ1n) is 8.12. The van der Waals surface area contributed by atoms with Crippen LogP contribution in [0, 0.1) is 11.3 Å². The monoisotopic (exact) mass is 383 g/mol. The Hall–Kier alpha value is -2.96. The van der Waals surface area contributed by atoms with E-state index in [1.54, 1.807) is 19.9 Å². The van der Waals surface area contributed by atoms with E-state index in [4.69, 9.17) is 10.00 Å². The third-order valence-electron chi connectivity index (χ3n) is 4.43. The molecule has 1 saturated heterocycles. The number of imide groups is 1. The maximum absolute atomic E-state index is 12.4. The maximum atomic E-state index is 12.4. The molecular weight excluding hydrogens is 367 g/mol. The number of nitriles is 1. The summed E-state index contributed by atoms with van der Waals surface area (Å²) in [6, 6.07) is 4.36. The Labute approximate surface area is 152 Å². The third-order valence-corrected chi connectivity index (χ3v) is 4.43. The smallest absolute Gasteiger partial charge is 0.490 e. The quantitative estimate of drug-likeness (QED) is 0.808. The molecule has 0 spiro atoms. The number of carbonyl (C=O) groups is 2. The average Bonchev–Trinajstić information content (AvgIpc) is 2.70. The van der Waals surface area contributed by atoms with Crippen molar-refractivity contribution in [2.24, 2.45) is 0 Å². The van der Waals surface area contributed by atoms with Crippen molar-refractivity contribution in [2.45, 2.75) is 50.7 Å². The maximum Gasteiger partial charge on any atom is 0.573 e. The Balaban J connectivity index is 1.64. The first kappa shape index (κ1) is 18.8. The van der Waals surface area contributed by atoms with Gasteiger partial charge in [0.2, 0.25) is 0 Å². The number of amides is 3. The standard InChI is InChI=1S/C17H16F3N3O4/c1-16(2)14(24)23(15(25)22-16)10-5-12(6-10)26-11-4-3-9(8-21)13(7-11)27-17(18,19)20/h3-4,7,10,12H,5-6H2,1-2H3,(H,22,25). The zero-order valence-corrected chi connectivity index (χ0v) is 14.5. The van der Waals surface area contributed by atoms with Gasteiger partial charge in [-0.2, -0.15) is 5.26 Å². The minimum Gasteiger partial charge on any atom is -0.490 e. The van der Waals surface area contributed by atoms with Gasteiger partial charge in [0.15, 0.2) is 5.75 Å². The van der Waals surface area contributed by atoms with Gasteiger partial charge in [-0.1, -0.05) is 0 Å². The van der Waals surface area contributed by atoms with Crippen LogP contribution in [-0.4, -0.2) is 40.9 Å². The van der Waals surface area contributed by atoms with Crippen LogP contribution in [0.1, 0.15) is 32.3 Å². The van der Waals surface area contributed by atoms with Crippen LogP contribution in [0.2, 0.25) is 0 Å². The number of halogens is 3. The van der Waals surface area contributed by atoms with E-state index in [1.165, 1.54) is 12.1 Å². The van der Waals surface area contributed by atoms with Crippen molar-refractivity contribution in [1.82, 2.24) is 10.2 Å². The summed E-state index contributed by atoms with van der Waals surface area (Å²) in [6.45, 7) is 3.22. The van der Waals surface area contributed by atoms with Gasteiger partial charge in [0.25, 0.3) is 5.91 Å². The molecule has 27 heavy (non-hydrogen) atoms. The molecule has 3 amide bonds. The predicted molar refractivity (Wildman–Crippen MR) is 84.7 cm³/mol. The van der Waals surface area contributed by atoms with Gasteiger partial charge in [0, 0.05) is 24.9 Å². The minimum atomic E-state index is -4.93. The molecule has 1 aromatic carbocycles. The van der Waals surface area contributed by atoms with Gasteiger partial charge >= 0.3 is 12.4 Å². The first-order valence-corrected chi connectivity index (χ1v) is 8.12. The fraction of sp³-hybridized carbons (Fsp3) is 0.471. The Bertz CT molecular complexity index is 826. The summed E-state index contributed by atoms with van der Waals surface area (Å²) in [7, 11) is 0. The molecule has 0 unspecified atom stereocenters. The molecule has 1 aliphatic carbocycles. The highest BCUT2D eigenvalue weighted by Crippen LogP contribution is 2.35. The topological polar surface area (TPSA) is 91.7 Å². The molecule has 1 heterocycles. The molecule has 1 aliphatic heterocycles. The van der Waals surface area contributed by atoms with E-state index in [0.717, 1.165) is 11.0 Å². The molecule has 144 valence electrons. The van der Waals surface area contributed by atoms with Crippen LogP contribution in [0.3, 0.4) is 0 Å². The van der Waals surface area contributed by atoms with E-state index in [0.29, 0.717) is 12.8 Å². The summed E-state index contributed by atoms with van der Waals surface area (Å²) in [4.78, 5) is 25.3. The number of alkyl halides is 3.